The van der Waals surface area contributed by atoms with E-state index in [4.69, 9.17) is 4.74 Å². The number of thiazole rings is 1. The first-order chi connectivity index (χ1) is 14.0. The number of carbonyl (C=O) groups excluding carboxylic acids is 2. The number of amides is 1. The number of hydrogen-bond acceptors (Lipinski definition) is 6. The molecule has 29 heavy (non-hydrogen) atoms. The van der Waals surface area contributed by atoms with Crippen molar-refractivity contribution in [3.8, 4) is 0 Å². The number of esters is 1. The number of ether oxygens (including phenoxy) is 1. The van der Waals surface area contributed by atoms with Crippen molar-refractivity contribution in [3.63, 3.8) is 0 Å². The van der Waals surface area contributed by atoms with E-state index in [1.54, 1.807) is 16.5 Å². The van der Waals surface area contributed by atoms with E-state index < -0.39 is 5.82 Å². The van der Waals surface area contributed by atoms with Gasteiger partial charge in [0.2, 0.25) is 0 Å². The van der Waals surface area contributed by atoms with Gasteiger partial charge in [-0.1, -0.05) is 0 Å². The molecule has 1 fully saturated rings. The second-order valence-electron chi connectivity index (χ2n) is 6.82. The quantitative estimate of drug-likeness (QED) is 0.612. The summed E-state index contributed by atoms with van der Waals surface area (Å²) >= 11 is 1.33. The van der Waals surface area contributed by atoms with Gasteiger partial charge in [-0.3, -0.25) is 18.8 Å². The summed E-state index contributed by atoms with van der Waals surface area (Å²) in [5, 5.41) is 1.76. The van der Waals surface area contributed by atoms with Gasteiger partial charge >= 0.3 is 5.97 Å². The summed E-state index contributed by atoms with van der Waals surface area (Å²) in [4.78, 5) is 43.3. The monoisotopic (exact) mass is 415 g/mol. The van der Waals surface area contributed by atoms with Crippen molar-refractivity contribution in [1.29, 1.82) is 0 Å². The number of nitrogens with zero attached hydrogens (tertiary/aromatic N) is 3. The molecule has 0 bridgehead atoms. The molecule has 0 saturated carbocycles. The van der Waals surface area contributed by atoms with Crippen LogP contribution in [0.3, 0.4) is 0 Å². The number of fused-ring (bicyclic) bond motifs is 1. The molecule has 3 heterocycles. The van der Waals surface area contributed by atoms with Gasteiger partial charge in [-0.15, -0.1) is 11.3 Å². The van der Waals surface area contributed by atoms with E-state index in [0.717, 1.165) is 0 Å². The number of piperidine rings is 1. The first kappa shape index (κ1) is 19.3. The van der Waals surface area contributed by atoms with E-state index in [-0.39, 0.29) is 30.0 Å². The van der Waals surface area contributed by atoms with Crippen LogP contribution in [0.15, 0.2) is 46.7 Å². The average molecular weight is 415 g/mol. The van der Waals surface area contributed by atoms with Crippen LogP contribution in [0.5, 0.6) is 0 Å². The zero-order valence-electron chi connectivity index (χ0n) is 15.4. The molecule has 0 unspecified atom stereocenters. The van der Waals surface area contributed by atoms with Gasteiger partial charge in [0.25, 0.3) is 11.5 Å². The number of likely N-dealkylation sites (tertiary alicyclic amines) is 1. The van der Waals surface area contributed by atoms with Crippen molar-refractivity contribution in [2.24, 2.45) is 5.92 Å². The number of halogens is 1. The molecule has 9 heteroatoms. The number of benzene rings is 1. The third kappa shape index (κ3) is 4.19. The van der Waals surface area contributed by atoms with Crippen LogP contribution < -0.4 is 5.56 Å². The van der Waals surface area contributed by atoms with E-state index >= 15 is 0 Å². The Kier molecular flexibility index (Phi) is 5.39. The van der Waals surface area contributed by atoms with Crippen molar-refractivity contribution < 1.29 is 18.7 Å². The Balaban J connectivity index is 1.31. The third-order valence-electron chi connectivity index (χ3n) is 4.93. The first-order valence-corrected chi connectivity index (χ1v) is 10.1. The van der Waals surface area contributed by atoms with Gasteiger partial charge in [-0.2, -0.15) is 0 Å². The van der Waals surface area contributed by atoms with Crippen LogP contribution in [-0.4, -0.2) is 39.3 Å². The van der Waals surface area contributed by atoms with Crippen molar-refractivity contribution >= 4 is 28.2 Å². The van der Waals surface area contributed by atoms with Gasteiger partial charge in [0.15, 0.2) is 4.96 Å². The minimum Gasteiger partial charge on any atom is -0.459 e. The molecule has 150 valence electrons. The normalized spacial score (nSPS) is 14.9. The van der Waals surface area contributed by atoms with E-state index in [2.05, 4.69) is 4.98 Å². The van der Waals surface area contributed by atoms with Crippen LogP contribution >= 0.6 is 11.3 Å². The maximum atomic E-state index is 13.0. The molecule has 1 aliphatic heterocycles. The van der Waals surface area contributed by atoms with Gasteiger partial charge in [0.1, 0.15) is 12.4 Å². The van der Waals surface area contributed by atoms with Gasteiger partial charge in [0, 0.05) is 36.3 Å². The summed E-state index contributed by atoms with van der Waals surface area (Å²) < 4.78 is 19.8. The lowest BCUT2D eigenvalue weighted by Gasteiger charge is -2.31. The van der Waals surface area contributed by atoms with E-state index in [0.29, 0.717) is 42.1 Å². The fraction of sp³-hybridized carbons (Fsp3) is 0.300. The predicted octanol–water partition coefficient (Wildman–Crippen LogP) is 2.49. The molecule has 1 aliphatic rings. The van der Waals surface area contributed by atoms with Gasteiger partial charge in [-0.25, -0.2) is 9.37 Å². The Morgan fingerprint density at radius 2 is 1.93 bits per heavy atom. The Hall–Kier alpha value is -3.07. The predicted molar refractivity (Wildman–Crippen MR) is 104 cm³/mol. The van der Waals surface area contributed by atoms with Gasteiger partial charge in [0.05, 0.1) is 11.6 Å². The molecular weight excluding hydrogens is 397 g/mol. The molecule has 0 atom stereocenters. The van der Waals surface area contributed by atoms with Crippen molar-refractivity contribution in [2.75, 3.05) is 13.1 Å². The zero-order valence-corrected chi connectivity index (χ0v) is 16.2. The lowest BCUT2D eigenvalue weighted by molar-refractivity contribution is -0.151. The van der Waals surface area contributed by atoms with Crippen LogP contribution in [-0.2, 0) is 16.1 Å². The summed E-state index contributed by atoms with van der Waals surface area (Å²) in [5.41, 5.74) is 0.624. The third-order valence-corrected chi connectivity index (χ3v) is 5.68. The minimum atomic E-state index is -0.390. The van der Waals surface area contributed by atoms with Crippen molar-refractivity contribution in [3.05, 3.63) is 69.3 Å². The molecule has 3 aromatic rings. The van der Waals surface area contributed by atoms with Crippen LogP contribution in [0, 0.1) is 11.7 Å². The number of hydrogen-bond donors (Lipinski definition) is 0. The highest BCUT2D eigenvalue weighted by Crippen LogP contribution is 2.21. The maximum Gasteiger partial charge on any atom is 0.309 e. The fourth-order valence-corrected chi connectivity index (χ4v) is 4.06. The number of aromatic nitrogens is 2. The lowest BCUT2D eigenvalue weighted by Crippen LogP contribution is -2.40. The van der Waals surface area contributed by atoms with E-state index in [9.17, 15) is 18.8 Å². The van der Waals surface area contributed by atoms with Crippen molar-refractivity contribution in [2.45, 2.75) is 19.4 Å². The minimum absolute atomic E-state index is 0.0583. The summed E-state index contributed by atoms with van der Waals surface area (Å²) in [6.45, 7) is 0.796. The summed E-state index contributed by atoms with van der Waals surface area (Å²) in [7, 11) is 0. The Labute approximate surface area is 169 Å². The van der Waals surface area contributed by atoms with E-state index in [1.807, 2.05) is 0 Å². The Morgan fingerprint density at radius 3 is 2.66 bits per heavy atom. The molecule has 7 nitrogen and oxygen atoms in total. The lowest BCUT2D eigenvalue weighted by atomic mass is 9.96. The highest BCUT2D eigenvalue weighted by atomic mass is 32.1. The average Bonchev–Trinajstić information content (AvgIpc) is 3.21. The molecule has 4 rings (SSSR count). The highest BCUT2D eigenvalue weighted by Gasteiger charge is 2.29. The van der Waals surface area contributed by atoms with Crippen LogP contribution in [0.1, 0.15) is 28.9 Å². The topological polar surface area (TPSA) is 81.0 Å². The van der Waals surface area contributed by atoms with E-state index in [1.165, 1.54) is 46.1 Å². The first-order valence-electron chi connectivity index (χ1n) is 9.18. The summed E-state index contributed by atoms with van der Waals surface area (Å²) in [5.74, 6) is -1.23. The van der Waals surface area contributed by atoms with Crippen LogP contribution in [0.4, 0.5) is 4.39 Å². The fourth-order valence-electron chi connectivity index (χ4n) is 3.32. The van der Waals surface area contributed by atoms with Crippen LogP contribution in [0.2, 0.25) is 0 Å². The summed E-state index contributed by atoms with van der Waals surface area (Å²) in [6, 6.07) is 6.78. The second kappa shape index (κ2) is 8.12. The molecule has 1 saturated heterocycles. The molecule has 0 spiro atoms. The molecule has 0 radical (unpaired) electrons. The molecule has 0 N–H and O–H groups in total. The molecule has 2 aromatic heterocycles. The van der Waals surface area contributed by atoms with Gasteiger partial charge < -0.3 is 9.64 Å². The summed E-state index contributed by atoms with van der Waals surface area (Å²) in [6.07, 6.45) is 2.63. The smallest absolute Gasteiger partial charge is 0.309 e. The molecule has 0 aliphatic carbocycles. The number of carbonyl (C=O) groups is 2. The molecule has 1 amide bonds. The van der Waals surface area contributed by atoms with Crippen molar-refractivity contribution in [1.82, 2.24) is 14.3 Å². The molecule has 1 aromatic carbocycles. The zero-order chi connectivity index (χ0) is 20.4. The Bertz CT molecular complexity index is 1100. The second-order valence-corrected chi connectivity index (χ2v) is 7.70. The largest absolute Gasteiger partial charge is 0.459 e. The van der Waals surface area contributed by atoms with Crippen LogP contribution in [0.25, 0.3) is 4.96 Å². The van der Waals surface area contributed by atoms with Gasteiger partial charge in [-0.05, 0) is 37.1 Å². The SMILES string of the molecule is O=C(OCc1cc(=O)n2ccsc2n1)C1CCN(C(=O)c2ccc(F)cc2)CC1. The standard InChI is InChI=1S/C20H18FN3O4S/c21-15-3-1-13(2-4-15)18(26)23-7-5-14(6-8-23)19(27)28-12-16-11-17(25)24-9-10-29-20(24)22-16/h1-4,9-11,14H,5-8,12H2. The number of rotatable bonds is 4. The highest BCUT2D eigenvalue weighted by molar-refractivity contribution is 7.15. The maximum absolute atomic E-state index is 13.0. The molecular formula is C20H18FN3O4S. The Morgan fingerprint density at radius 1 is 1.21 bits per heavy atom.